The largest absolute Gasteiger partial charge is 0.455 e. The second-order valence-electron chi connectivity index (χ2n) is 8.83. The molecule has 0 amide bonds. The third kappa shape index (κ3) is 4.71. The van der Waals surface area contributed by atoms with Gasteiger partial charge in [-0.1, -0.05) is 45.0 Å². The highest BCUT2D eigenvalue weighted by Crippen LogP contribution is 2.35. The Morgan fingerprint density at radius 1 is 1.24 bits per heavy atom. The van der Waals surface area contributed by atoms with E-state index >= 15 is 0 Å². The van der Waals surface area contributed by atoms with Gasteiger partial charge in [0.1, 0.15) is 11.5 Å². The summed E-state index contributed by atoms with van der Waals surface area (Å²) in [6.07, 6.45) is 1.25. The van der Waals surface area contributed by atoms with Gasteiger partial charge in [0.2, 0.25) is 5.95 Å². The molecule has 5 rings (SSSR count). The van der Waals surface area contributed by atoms with Crippen molar-refractivity contribution in [3.63, 3.8) is 0 Å². The molecule has 0 saturated heterocycles. The van der Waals surface area contributed by atoms with E-state index in [1.807, 2.05) is 39.6 Å². The Morgan fingerprint density at radius 3 is 2.74 bits per heavy atom. The fourth-order valence-electron chi connectivity index (χ4n) is 4.52. The molecule has 2 unspecified atom stereocenters. The third-order valence-electron chi connectivity index (χ3n) is 5.86. The highest BCUT2D eigenvalue weighted by atomic mass is 31.0. The van der Waals surface area contributed by atoms with Gasteiger partial charge in [-0.15, -0.1) is 0 Å². The lowest BCUT2D eigenvalue weighted by molar-refractivity contribution is -0.116. The molecule has 8 heteroatoms. The molecule has 0 bridgehead atoms. The molecule has 0 spiro atoms. The van der Waals surface area contributed by atoms with E-state index in [4.69, 9.17) is 9.72 Å². The van der Waals surface area contributed by atoms with Gasteiger partial charge in [0.05, 0.1) is 17.1 Å². The van der Waals surface area contributed by atoms with Crippen molar-refractivity contribution in [2.45, 2.75) is 38.2 Å². The van der Waals surface area contributed by atoms with Crippen LogP contribution in [0.15, 0.2) is 66.7 Å². The molecule has 0 fully saturated rings. The van der Waals surface area contributed by atoms with Crippen LogP contribution in [0.2, 0.25) is 6.32 Å². The fraction of sp³-hybridized carbons (Fsp3) is 0.231. The summed E-state index contributed by atoms with van der Waals surface area (Å²) in [5, 5.41) is 3.44. The Labute approximate surface area is 201 Å². The number of anilines is 2. The molecule has 4 aromatic rings. The third-order valence-corrected chi connectivity index (χ3v) is 5.98. The van der Waals surface area contributed by atoms with Gasteiger partial charge in [0.15, 0.2) is 7.28 Å². The number of alkyl halides is 1. The average Bonchev–Trinajstić information content (AvgIpc) is 3.34. The number of nitrogens with one attached hydrogen (secondary N) is 1. The molecule has 1 aliphatic heterocycles. The Morgan fingerprint density at radius 2 is 2.00 bits per heavy atom. The fourth-order valence-corrected chi connectivity index (χ4v) is 4.66. The van der Waals surface area contributed by atoms with Gasteiger partial charge in [-0.3, -0.25) is 4.79 Å². The molecule has 1 aromatic heterocycles. The number of Topliss-reactive ketones (excluding diaryl/α,β-unsaturated/α-hetero) is 1. The smallest absolute Gasteiger partial charge is 0.256 e. The van der Waals surface area contributed by atoms with Gasteiger partial charge < -0.3 is 14.6 Å². The lowest BCUT2D eigenvalue weighted by atomic mass is 9.72. The van der Waals surface area contributed by atoms with Crippen LogP contribution in [0, 0.1) is 0 Å². The van der Waals surface area contributed by atoms with Crippen molar-refractivity contribution in [2.24, 2.45) is 0 Å². The van der Waals surface area contributed by atoms with Crippen LogP contribution < -0.4 is 15.5 Å². The number of ketones is 1. The minimum absolute atomic E-state index is 0.106. The van der Waals surface area contributed by atoms with E-state index < -0.39 is 5.60 Å². The Balaban J connectivity index is 1.55. The van der Waals surface area contributed by atoms with Crippen LogP contribution >= 0.6 is 9.24 Å². The van der Waals surface area contributed by atoms with Crippen molar-refractivity contribution < 1.29 is 13.9 Å². The molecule has 1 radical (unpaired) electrons. The van der Waals surface area contributed by atoms with Gasteiger partial charge in [0, 0.05) is 19.0 Å². The number of ether oxygens (including phenoxy) is 1. The maximum atomic E-state index is 13.8. The molecule has 1 aliphatic rings. The summed E-state index contributed by atoms with van der Waals surface area (Å²) >= 11 is 0. The number of nitrogens with zero attached hydrogens (tertiary/aromatic N) is 2. The van der Waals surface area contributed by atoms with Crippen LogP contribution in [-0.2, 0) is 11.2 Å². The normalized spacial score (nSPS) is 16.5. The molecule has 3 aromatic carbocycles. The maximum Gasteiger partial charge on any atom is 0.256 e. The molecular weight excluding hydrogens is 447 g/mol. The molecule has 5 nitrogen and oxygen atoms in total. The minimum Gasteiger partial charge on any atom is -0.455 e. The topological polar surface area (TPSA) is 56.1 Å². The van der Waals surface area contributed by atoms with Crippen molar-refractivity contribution >= 4 is 50.4 Å². The summed E-state index contributed by atoms with van der Waals surface area (Å²) in [5.74, 6) is 1.26. The first kappa shape index (κ1) is 22.6. The number of carbonyl (C=O) groups excluding carboxylic acids is 1. The number of halogens is 1. The van der Waals surface area contributed by atoms with E-state index in [0.29, 0.717) is 18.1 Å². The van der Waals surface area contributed by atoms with Gasteiger partial charge in [0.25, 0.3) is 5.60 Å². The number of imidazole rings is 1. The van der Waals surface area contributed by atoms with E-state index in [1.165, 1.54) is 17.9 Å². The molecule has 34 heavy (non-hydrogen) atoms. The Hall–Kier alpha value is -3.18. The average molecular weight is 472 g/mol. The van der Waals surface area contributed by atoms with Crippen molar-refractivity contribution in [3.05, 3.63) is 77.9 Å². The first-order valence-electron chi connectivity index (χ1n) is 11.2. The molecule has 1 N–H and O–H groups in total. The van der Waals surface area contributed by atoms with Crippen LogP contribution in [0.5, 0.6) is 5.75 Å². The van der Waals surface area contributed by atoms with Crippen LogP contribution in [0.4, 0.5) is 16.0 Å². The number of hydrogen-bond acceptors (Lipinski definition) is 4. The summed E-state index contributed by atoms with van der Waals surface area (Å²) in [6.45, 7) is 2.93. The lowest BCUT2D eigenvalue weighted by Crippen LogP contribution is -2.16. The quantitative estimate of drug-likeness (QED) is 0.298. The van der Waals surface area contributed by atoms with Crippen LogP contribution in [-0.4, -0.2) is 28.2 Å². The second kappa shape index (κ2) is 8.88. The summed E-state index contributed by atoms with van der Waals surface area (Å²) in [6, 6.07) is 21.7. The molecule has 0 aliphatic carbocycles. The number of aromatic nitrogens is 2. The molecule has 171 valence electrons. The zero-order valence-corrected chi connectivity index (χ0v) is 20.2. The van der Waals surface area contributed by atoms with E-state index in [-0.39, 0.29) is 11.8 Å². The monoisotopic (exact) mass is 472 g/mol. The zero-order valence-electron chi connectivity index (χ0n) is 19.1. The minimum atomic E-state index is -1.83. The first-order valence-corrected chi connectivity index (χ1v) is 11.8. The summed E-state index contributed by atoms with van der Waals surface area (Å²) in [4.78, 5) is 16.6. The first-order chi connectivity index (χ1) is 16.3. The van der Waals surface area contributed by atoms with E-state index in [1.54, 1.807) is 19.1 Å². The van der Waals surface area contributed by atoms with Crippen molar-refractivity contribution in [1.29, 1.82) is 0 Å². The highest BCUT2D eigenvalue weighted by Gasteiger charge is 2.28. The molecule has 2 heterocycles. The van der Waals surface area contributed by atoms with Crippen molar-refractivity contribution in [2.75, 3.05) is 5.32 Å². The predicted octanol–water partition coefficient (Wildman–Crippen LogP) is 5.16. The SMILES string of the molecule is CC(=O)Cc1ccc2c(c1)nc(Nc1ccc(OC(C)(F)P)cc1)n2[C@@H]1C[B]c2ccccc21. The molecule has 3 atom stereocenters. The van der Waals surface area contributed by atoms with E-state index in [9.17, 15) is 9.18 Å². The number of rotatable bonds is 7. The lowest BCUT2D eigenvalue weighted by Gasteiger charge is -2.20. The highest BCUT2D eigenvalue weighted by molar-refractivity contribution is 7.18. The zero-order chi connectivity index (χ0) is 23.9. The Kier molecular flexibility index (Phi) is 5.91. The van der Waals surface area contributed by atoms with Crippen molar-refractivity contribution in [3.8, 4) is 5.75 Å². The number of carbonyl (C=O) groups is 1. The summed E-state index contributed by atoms with van der Waals surface area (Å²) in [7, 11) is 4.28. The second-order valence-corrected chi connectivity index (χ2v) is 9.86. The van der Waals surface area contributed by atoms with Crippen molar-refractivity contribution in [1.82, 2.24) is 9.55 Å². The van der Waals surface area contributed by atoms with Gasteiger partial charge in [-0.05, 0) is 60.8 Å². The standard InChI is InChI=1S/C26H25BFN3O2P/c1-16(32)13-17-7-12-23-22(14-17)30-25(29-18-8-10-19(11-9-18)33-26(2,28)34)31(23)24-15-27-21-6-4-3-5-20(21)24/h3-12,14,24H,13,15,34H2,1-2H3,(H,29,30)/t24-,26?/m1/s1. The summed E-state index contributed by atoms with van der Waals surface area (Å²) in [5.41, 5.74) is 4.26. The van der Waals surface area contributed by atoms with Crippen LogP contribution in [0.3, 0.4) is 0 Å². The molecular formula is C26H25BFN3O2P. The van der Waals surface area contributed by atoms with E-state index in [2.05, 4.69) is 41.4 Å². The van der Waals surface area contributed by atoms with Gasteiger partial charge >= 0.3 is 0 Å². The van der Waals surface area contributed by atoms with Crippen LogP contribution in [0.25, 0.3) is 11.0 Å². The van der Waals surface area contributed by atoms with Gasteiger partial charge in [-0.2, -0.15) is 4.39 Å². The number of benzene rings is 3. The van der Waals surface area contributed by atoms with Gasteiger partial charge in [-0.25, -0.2) is 4.98 Å². The van der Waals surface area contributed by atoms with Crippen LogP contribution in [0.1, 0.15) is 31.0 Å². The Bertz CT molecular complexity index is 1360. The van der Waals surface area contributed by atoms with E-state index in [0.717, 1.165) is 28.6 Å². The molecule has 0 saturated carbocycles. The predicted molar refractivity (Wildman–Crippen MR) is 138 cm³/mol. The maximum absolute atomic E-state index is 13.8. The number of fused-ring (bicyclic) bond motifs is 2. The summed E-state index contributed by atoms with van der Waals surface area (Å²) < 4.78 is 21.3. The number of hydrogen-bond donors (Lipinski definition) is 1.